The molecule has 0 radical (unpaired) electrons. The smallest absolute Gasteiger partial charge is 0.337 e. The second-order valence-electron chi connectivity index (χ2n) is 8.36. The van der Waals surface area contributed by atoms with Crippen molar-refractivity contribution < 1.29 is 27.5 Å². The Morgan fingerprint density at radius 3 is 2.31 bits per heavy atom. The highest BCUT2D eigenvalue weighted by Crippen LogP contribution is 2.37. The zero-order chi connectivity index (χ0) is 23.2. The van der Waals surface area contributed by atoms with Crippen molar-refractivity contribution in [1.82, 2.24) is 4.90 Å². The van der Waals surface area contributed by atoms with Crippen molar-refractivity contribution in [3.05, 3.63) is 58.7 Å². The van der Waals surface area contributed by atoms with E-state index in [1.165, 1.54) is 14.2 Å². The predicted octanol–water partition coefficient (Wildman–Crippen LogP) is 2.71. The number of amides is 2. The van der Waals surface area contributed by atoms with Gasteiger partial charge in [0, 0.05) is 11.3 Å². The minimum atomic E-state index is -3.30. The Morgan fingerprint density at radius 1 is 1.03 bits per heavy atom. The number of benzene rings is 2. The number of rotatable bonds is 5. The average Bonchev–Trinajstić information content (AvgIpc) is 3.16. The summed E-state index contributed by atoms with van der Waals surface area (Å²) in [5.41, 5.74) is 3.62. The van der Waals surface area contributed by atoms with Crippen molar-refractivity contribution in [2.24, 2.45) is 0 Å². The molecule has 170 valence electrons. The maximum atomic E-state index is 13.6. The number of sulfone groups is 1. The molecule has 2 aromatic rings. The Morgan fingerprint density at radius 2 is 1.69 bits per heavy atom. The number of aryl methyl sites for hydroxylation is 2. The van der Waals surface area contributed by atoms with Gasteiger partial charge in [0.25, 0.3) is 0 Å². The van der Waals surface area contributed by atoms with Gasteiger partial charge in [0.1, 0.15) is 5.75 Å². The van der Waals surface area contributed by atoms with E-state index < -0.39 is 27.9 Å². The van der Waals surface area contributed by atoms with E-state index in [1.54, 1.807) is 28.0 Å². The van der Waals surface area contributed by atoms with Gasteiger partial charge in [-0.25, -0.2) is 18.0 Å². The van der Waals surface area contributed by atoms with Crippen LogP contribution in [0.5, 0.6) is 5.75 Å². The lowest BCUT2D eigenvalue weighted by Gasteiger charge is -2.24. The van der Waals surface area contributed by atoms with Crippen molar-refractivity contribution in [3.63, 3.8) is 0 Å². The summed E-state index contributed by atoms with van der Waals surface area (Å²) >= 11 is 0. The van der Waals surface area contributed by atoms with Gasteiger partial charge in [0.2, 0.25) is 0 Å². The molecule has 2 amide bonds. The van der Waals surface area contributed by atoms with E-state index in [4.69, 9.17) is 9.47 Å². The Labute approximate surface area is 187 Å². The summed E-state index contributed by atoms with van der Waals surface area (Å²) in [6.07, 6.45) is 0. The van der Waals surface area contributed by atoms with Crippen LogP contribution in [0.25, 0.3) is 0 Å². The molecule has 2 aliphatic heterocycles. The summed E-state index contributed by atoms with van der Waals surface area (Å²) in [6.45, 7) is 4.01. The minimum absolute atomic E-state index is 0.0772. The third kappa shape index (κ3) is 3.92. The summed E-state index contributed by atoms with van der Waals surface area (Å²) in [6, 6.07) is 9.44. The SMILES string of the molecule is COC(=O)c1ccc(OC)c(CN2C(=O)N(c3cc(C)cc(C)c3)C3CS(=O)(=O)CC32)c1. The van der Waals surface area contributed by atoms with Crippen molar-refractivity contribution in [3.8, 4) is 5.75 Å². The number of fused-ring (bicyclic) bond motifs is 1. The van der Waals surface area contributed by atoms with Crippen molar-refractivity contribution in [2.75, 3.05) is 30.6 Å². The van der Waals surface area contributed by atoms with Crippen LogP contribution in [-0.4, -0.2) is 63.1 Å². The first kappa shape index (κ1) is 22.1. The van der Waals surface area contributed by atoms with Gasteiger partial charge < -0.3 is 14.4 Å². The average molecular weight is 459 g/mol. The topological polar surface area (TPSA) is 93.2 Å². The van der Waals surface area contributed by atoms with Gasteiger partial charge in [-0.2, -0.15) is 0 Å². The molecular weight excluding hydrogens is 432 g/mol. The Balaban J connectivity index is 1.75. The molecule has 4 rings (SSSR count). The van der Waals surface area contributed by atoms with Crippen molar-refractivity contribution in [2.45, 2.75) is 32.5 Å². The molecule has 2 heterocycles. The van der Waals surface area contributed by atoms with Gasteiger partial charge in [0.15, 0.2) is 9.84 Å². The highest BCUT2D eigenvalue weighted by atomic mass is 32.2. The fraction of sp³-hybridized carbons (Fsp3) is 0.391. The summed E-state index contributed by atoms with van der Waals surface area (Å²) in [5, 5.41) is 0. The van der Waals surface area contributed by atoms with Gasteiger partial charge in [-0.15, -0.1) is 0 Å². The van der Waals surface area contributed by atoms with Crippen LogP contribution in [0.2, 0.25) is 0 Å². The lowest BCUT2D eigenvalue weighted by atomic mass is 10.1. The maximum Gasteiger partial charge on any atom is 0.337 e. The van der Waals surface area contributed by atoms with E-state index in [-0.39, 0.29) is 24.1 Å². The van der Waals surface area contributed by atoms with Crippen LogP contribution in [-0.2, 0) is 21.1 Å². The molecule has 0 aromatic heterocycles. The fourth-order valence-electron chi connectivity index (χ4n) is 4.68. The van der Waals surface area contributed by atoms with E-state index in [1.807, 2.05) is 32.0 Å². The Bertz CT molecular complexity index is 1170. The summed E-state index contributed by atoms with van der Waals surface area (Å²) in [4.78, 5) is 28.7. The molecule has 2 fully saturated rings. The fourth-order valence-corrected chi connectivity index (χ4v) is 6.63. The first-order valence-corrected chi connectivity index (χ1v) is 12.1. The van der Waals surface area contributed by atoms with Crippen LogP contribution in [0.4, 0.5) is 10.5 Å². The van der Waals surface area contributed by atoms with E-state index in [0.717, 1.165) is 11.1 Å². The third-order valence-electron chi connectivity index (χ3n) is 6.00. The van der Waals surface area contributed by atoms with Crippen LogP contribution < -0.4 is 9.64 Å². The maximum absolute atomic E-state index is 13.6. The molecule has 0 bridgehead atoms. The van der Waals surface area contributed by atoms with Crippen LogP contribution >= 0.6 is 0 Å². The largest absolute Gasteiger partial charge is 0.496 e. The molecule has 2 atom stereocenters. The molecule has 8 nitrogen and oxygen atoms in total. The molecule has 2 aromatic carbocycles. The van der Waals surface area contributed by atoms with Gasteiger partial charge in [-0.1, -0.05) is 6.07 Å². The number of methoxy groups -OCH3 is 2. The van der Waals surface area contributed by atoms with Crippen LogP contribution in [0, 0.1) is 13.8 Å². The first-order valence-electron chi connectivity index (χ1n) is 10.3. The summed E-state index contributed by atoms with van der Waals surface area (Å²) < 4.78 is 35.3. The second kappa shape index (κ2) is 8.12. The van der Waals surface area contributed by atoms with Gasteiger partial charge in [0.05, 0.1) is 49.9 Å². The van der Waals surface area contributed by atoms with Crippen LogP contribution in [0.15, 0.2) is 36.4 Å². The number of carbonyl (C=O) groups is 2. The number of nitrogens with zero attached hydrogens (tertiary/aromatic N) is 2. The summed E-state index contributed by atoms with van der Waals surface area (Å²) in [7, 11) is -0.493. The van der Waals surface area contributed by atoms with Gasteiger partial charge in [-0.3, -0.25) is 4.90 Å². The van der Waals surface area contributed by atoms with Crippen molar-refractivity contribution in [1.29, 1.82) is 0 Å². The predicted molar refractivity (Wildman–Crippen MR) is 120 cm³/mol. The lowest BCUT2D eigenvalue weighted by Crippen LogP contribution is -2.37. The number of urea groups is 1. The second-order valence-corrected chi connectivity index (χ2v) is 10.5. The minimum Gasteiger partial charge on any atom is -0.496 e. The Hall–Kier alpha value is -3.07. The van der Waals surface area contributed by atoms with Crippen LogP contribution in [0.1, 0.15) is 27.0 Å². The van der Waals surface area contributed by atoms with E-state index in [9.17, 15) is 18.0 Å². The van der Waals surface area contributed by atoms with E-state index >= 15 is 0 Å². The zero-order valence-corrected chi connectivity index (χ0v) is 19.3. The highest BCUT2D eigenvalue weighted by molar-refractivity contribution is 7.91. The standard InChI is InChI=1S/C23H26N2O6S/c1-14-7-15(2)9-18(8-14)25-20-13-32(28,29)12-19(20)24(23(25)27)11-17-10-16(22(26)31-4)5-6-21(17)30-3/h5-10,19-20H,11-13H2,1-4H3. The normalized spacial score (nSPS) is 21.6. The lowest BCUT2D eigenvalue weighted by molar-refractivity contribution is 0.0600. The van der Waals surface area contributed by atoms with Crippen LogP contribution in [0.3, 0.4) is 0 Å². The van der Waals surface area contributed by atoms with Gasteiger partial charge in [-0.05, 0) is 55.3 Å². The number of esters is 1. The van der Waals surface area contributed by atoms with Crippen molar-refractivity contribution >= 4 is 27.5 Å². The zero-order valence-electron chi connectivity index (χ0n) is 18.5. The number of anilines is 1. The molecule has 0 aliphatic carbocycles. The molecule has 2 saturated heterocycles. The molecule has 9 heteroatoms. The molecule has 0 spiro atoms. The Kier molecular flexibility index (Phi) is 5.62. The van der Waals surface area contributed by atoms with E-state index in [2.05, 4.69) is 0 Å². The van der Waals surface area contributed by atoms with E-state index in [0.29, 0.717) is 22.6 Å². The molecule has 2 unspecified atom stereocenters. The number of hydrogen-bond acceptors (Lipinski definition) is 6. The molecule has 32 heavy (non-hydrogen) atoms. The number of ether oxygens (including phenoxy) is 2. The molecule has 2 aliphatic rings. The third-order valence-corrected chi connectivity index (χ3v) is 7.70. The number of carbonyl (C=O) groups excluding carboxylic acids is 2. The first-order chi connectivity index (χ1) is 15.1. The number of hydrogen-bond donors (Lipinski definition) is 0. The molecule has 0 saturated carbocycles. The highest BCUT2D eigenvalue weighted by Gasteiger charge is 2.54. The van der Waals surface area contributed by atoms with Gasteiger partial charge >= 0.3 is 12.0 Å². The monoisotopic (exact) mass is 458 g/mol. The molecule has 0 N–H and O–H groups in total. The quantitative estimate of drug-likeness (QED) is 0.505. The molecular formula is C23H26N2O6S. The summed E-state index contributed by atoms with van der Waals surface area (Å²) in [5.74, 6) is -0.164.